The Morgan fingerprint density at radius 2 is 2.10 bits per heavy atom. The van der Waals surface area contributed by atoms with Crippen LogP contribution in [0.2, 0.25) is 0 Å². The van der Waals surface area contributed by atoms with E-state index in [1.807, 2.05) is 0 Å². The number of rotatable bonds is 3. The maximum atomic E-state index is 10.4. The fourth-order valence-electron chi connectivity index (χ4n) is 0.377. The Labute approximate surface area is 80.9 Å². The van der Waals surface area contributed by atoms with E-state index in [1.54, 1.807) is 6.92 Å². The first-order chi connectivity index (χ1) is 3.81. The van der Waals surface area contributed by atoms with Gasteiger partial charge in [0.05, 0.1) is 6.61 Å². The number of halogens is 1. The minimum absolute atomic E-state index is 0. The smallest absolute Gasteiger partial charge is 0.305 e. The van der Waals surface area contributed by atoms with Crippen molar-refractivity contribution >= 4 is 5.97 Å². The topological polar surface area (TPSA) is 26.3 Å². The van der Waals surface area contributed by atoms with Crippen molar-refractivity contribution in [1.82, 2.24) is 0 Å². The average Bonchev–Trinajstić information content (AvgIpc) is 1.68. The monoisotopic (exact) mass is 214 g/mol. The Kier molecular flexibility index (Phi) is 20.3. The maximum absolute atomic E-state index is 10.4. The summed E-state index contributed by atoms with van der Waals surface area (Å²) in [5.41, 5.74) is 0. The summed E-state index contributed by atoms with van der Waals surface area (Å²) in [6.45, 7) is 5.77. The van der Waals surface area contributed by atoms with Gasteiger partial charge in [-0.15, -0.1) is 0 Å². The molecular weight excluding hydrogens is 205 g/mol. The van der Waals surface area contributed by atoms with Crippen LogP contribution in [0.3, 0.4) is 0 Å². The second kappa shape index (κ2) is 12.1. The van der Waals surface area contributed by atoms with Crippen molar-refractivity contribution in [2.45, 2.75) is 19.8 Å². The first kappa shape index (κ1) is 16.8. The molecule has 0 unspecified atom stereocenters. The van der Waals surface area contributed by atoms with Crippen LogP contribution in [0, 0.1) is 6.92 Å². The molecule has 0 spiro atoms. The zero-order chi connectivity index (χ0) is 6.41. The molecule has 0 aliphatic carbocycles. The van der Waals surface area contributed by atoms with Gasteiger partial charge in [0.15, 0.2) is 0 Å². The summed E-state index contributed by atoms with van der Waals surface area (Å²) in [6, 6.07) is 0. The summed E-state index contributed by atoms with van der Waals surface area (Å²) in [5.74, 6) is -0.150. The van der Waals surface area contributed by atoms with Gasteiger partial charge < -0.3 is 17.1 Å². The number of hydrogen-bond donors (Lipinski definition) is 0. The third-order valence-electron chi connectivity index (χ3n) is 0.686. The summed E-state index contributed by atoms with van der Waals surface area (Å²) in [6.07, 6.45) is 1.06. The summed E-state index contributed by atoms with van der Waals surface area (Å²) in [5, 5.41) is 0. The van der Waals surface area contributed by atoms with Crippen LogP contribution in [-0.4, -0.2) is 12.6 Å². The molecule has 0 aromatic carbocycles. The molecule has 0 rings (SSSR count). The maximum Gasteiger partial charge on any atom is 0.305 e. The number of esters is 1. The van der Waals surface area contributed by atoms with Crippen molar-refractivity contribution < 1.29 is 41.4 Å². The molecule has 1 radical (unpaired) electrons. The van der Waals surface area contributed by atoms with Crippen molar-refractivity contribution in [1.29, 1.82) is 0 Å². The standard InChI is InChI=1S/C6H11O2.ClH.Zn/c1-3-5-6(7)8-4-2;;/h1,3-5H2,2H3;1H;/p-1. The SMILES string of the molecule is [CH2]CCC(=O)OCC.[Cl-].[Zn]. The normalized spacial score (nSPS) is 7.00. The minimum atomic E-state index is -0.150. The van der Waals surface area contributed by atoms with Crippen molar-refractivity contribution in [2.24, 2.45) is 0 Å². The first-order valence-corrected chi connectivity index (χ1v) is 2.76. The Balaban J connectivity index is -0.000000245. The molecule has 4 heteroatoms. The fourth-order valence-corrected chi connectivity index (χ4v) is 0.377. The summed E-state index contributed by atoms with van der Waals surface area (Å²) >= 11 is 0. The van der Waals surface area contributed by atoms with Crippen LogP contribution in [0.1, 0.15) is 19.8 Å². The molecule has 0 bridgehead atoms. The molecule has 0 aliphatic heterocycles. The van der Waals surface area contributed by atoms with E-state index in [0.717, 1.165) is 0 Å². The van der Waals surface area contributed by atoms with Gasteiger partial charge in [0.2, 0.25) is 0 Å². The molecule has 0 saturated heterocycles. The van der Waals surface area contributed by atoms with Gasteiger partial charge in [0, 0.05) is 25.9 Å². The molecule has 0 aromatic heterocycles. The quantitative estimate of drug-likeness (QED) is 0.409. The molecule has 0 aromatic rings. The molecule has 0 aliphatic rings. The second-order valence-corrected chi connectivity index (χ2v) is 1.41. The van der Waals surface area contributed by atoms with Crippen molar-refractivity contribution in [2.75, 3.05) is 6.61 Å². The van der Waals surface area contributed by atoms with E-state index in [-0.39, 0.29) is 37.9 Å². The molecule has 10 heavy (non-hydrogen) atoms. The zero-order valence-corrected chi connectivity index (χ0v) is 9.95. The van der Waals surface area contributed by atoms with Crippen LogP contribution in [0.15, 0.2) is 0 Å². The molecule has 0 fully saturated rings. The molecule has 0 atom stereocenters. The number of hydrogen-bond acceptors (Lipinski definition) is 2. The number of ether oxygens (including phenoxy) is 1. The van der Waals surface area contributed by atoms with E-state index < -0.39 is 0 Å². The van der Waals surface area contributed by atoms with Crippen LogP contribution >= 0.6 is 0 Å². The van der Waals surface area contributed by atoms with Gasteiger partial charge in [0.25, 0.3) is 0 Å². The number of carbonyl (C=O) groups excluding carboxylic acids is 1. The Hall–Kier alpha value is 0.383. The van der Waals surface area contributed by atoms with Crippen molar-refractivity contribution in [3.8, 4) is 0 Å². The van der Waals surface area contributed by atoms with E-state index >= 15 is 0 Å². The first-order valence-electron chi connectivity index (χ1n) is 2.76. The predicted molar refractivity (Wildman–Crippen MR) is 31.2 cm³/mol. The summed E-state index contributed by atoms with van der Waals surface area (Å²) in [7, 11) is 0. The zero-order valence-electron chi connectivity index (χ0n) is 6.23. The van der Waals surface area contributed by atoms with E-state index in [9.17, 15) is 4.79 Å². The fraction of sp³-hybridized carbons (Fsp3) is 0.667. The Morgan fingerprint density at radius 1 is 1.60 bits per heavy atom. The van der Waals surface area contributed by atoms with Gasteiger partial charge in [0.1, 0.15) is 0 Å². The molecule has 0 N–H and O–H groups in total. The third kappa shape index (κ3) is 11.2. The van der Waals surface area contributed by atoms with Gasteiger partial charge in [-0.2, -0.15) is 0 Å². The molecule has 0 saturated carbocycles. The van der Waals surface area contributed by atoms with Crippen LogP contribution < -0.4 is 12.4 Å². The average molecular weight is 216 g/mol. The summed E-state index contributed by atoms with van der Waals surface area (Å²) in [4.78, 5) is 10.4. The van der Waals surface area contributed by atoms with Crippen LogP contribution in [0.5, 0.6) is 0 Å². The Bertz CT molecular complexity index is 70.1. The van der Waals surface area contributed by atoms with Crippen molar-refractivity contribution in [3.63, 3.8) is 0 Å². The minimum Gasteiger partial charge on any atom is -1.00 e. The van der Waals surface area contributed by atoms with E-state index in [2.05, 4.69) is 11.7 Å². The second-order valence-electron chi connectivity index (χ2n) is 1.41. The van der Waals surface area contributed by atoms with Crippen LogP contribution in [0.25, 0.3) is 0 Å². The molecule has 0 amide bonds. The van der Waals surface area contributed by atoms with Gasteiger partial charge in [-0.3, -0.25) is 4.79 Å². The molecule has 2 nitrogen and oxygen atoms in total. The van der Waals surface area contributed by atoms with Crippen molar-refractivity contribution in [3.05, 3.63) is 6.92 Å². The number of carbonyl (C=O) groups is 1. The largest absolute Gasteiger partial charge is 1.00 e. The van der Waals surface area contributed by atoms with Gasteiger partial charge >= 0.3 is 5.97 Å². The van der Waals surface area contributed by atoms with Crippen LogP contribution in [0.4, 0.5) is 0 Å². The van der Waals surface area contributed by atoms with E-state index in [1.165, 1.54) is 0 Å². The van der Waals surface area contributed by atoms with Gasteiger partial charge in [-0.05, 0) is 13.3 Å². The van der Waals surface area contributed by atoms with E-state index in [0.29, 0.717) is 19.4 Å². The predicted octanol–water partition coefficient (Wildman–Crippen LogP) is -1.83. The molecule has 57 valence electrons. The molecule has 0 heterocycles. The van der Waals surface area contributed by atoms with E-state index in [4.69, 9.17) is 0 Å². The van der Waals surface area contributed by atoms with Crippen LogP contribution in [-0.2, 0) is 29.0 Å². The third-order valence-corrected chi connectivity index (χ3v) is 0.686. The molecular formula is C6H11ClO2Zn-. The van der Waals surface area contributed by atoms with Gasteiger partial charge in [-0.25, -0.2) is 0 Å². The van der Waals surface area contributed by atoms with Gasteiger partial charge in [-0.1, -0.05) is 6.92 Å². The summed E-state index contributed by atoms with van der Waals surface area (Å²) < 4.78 is 4.60. The Morgan fingerprint density at radius 3 is 2.40 bits per heavy atom.